The molecule has 0 aliphatic heterocycles. The Morgan fingerprint density at radius 1 is 1.17 bits per heavy atom. The van der Waals surface area contributed by atoms with Gasteiger partial charge in [-0.15, -0.1) is 0 Å². The van der Waals surface area contributed by atoms with Crippen LogP contribution in [0.25, 0.3) is 0 Å². The number of hydrogen-bond acceptors (Lipinski definition) is 7. The maximum absolute atomic E-state index is 12.2. The molecule has 0 bridgehead atoms. The summed E-state index contributed by atoms with van der Waals surface area (Å²) in [6, 6.07) is 5.51. The summed E-state index contributed by atoms with van der Waals surface area (Å²) in [7, 11) is 1.84. The molecule has 3 rings (SSSR count). The molecule has 0 saturated heterocycles. The van der Waals surface area contributed by atoms with Crippen LogP contribution in [0, 0.1) is 6.92 Å². The van der Waals surface area contributed by atoms with Gasteiger partial charge in [-0.05, 0) is 44.7 Å². The Bertz CT molecular complexity index is 1050. The van der Waals surface area contributed by atoms with Gasteiger partial charge in [0.1, 0.15) is 16.6 Å². The van der Waals surface area contributed by atoms with Crippen molar-refractivity contribution in [3.8, 4) is 5.75 Å². The van der Waals surface area contributed by atoms with Crippen LogP contribution in [0.3, 0.4) is 0 Å². The summed E-state index contributed by atoms with van der Waals surface area (Å²) in [6.45, 7) is 1.87. The second-order valence-corrected chi connectivity index (χ2v) is 8.66. The van der Waals surface area contributed by atoms with Crippen molar-refractivity contribution in [2.75, 3.05) is 24.3 Å². The first kappa shape index (κ1) is 29.2. The van der Waals surface area contributed by atoms with Gasteiger partial charge in [0.15, 0.2) is 6.61 Å². The third-order valence-corrected chi connectivity index (χ3v) is 5.95. The van der Waals surface area contributed by atoms with E-state index in [0.29, 0.717) is 21.7 Å². The number of benzene rings is 1. The Balaban J connectivity index is 0.000000572. The van der Waals surface area contributed by atoms with E-state index in [0.717, 1.165) is 37.1 Å². The monoisotopic (exact) mass is 551 g/mol. The van der Waals surface area contributed by atoms with E-state index in [1.54, 1.807) is 24.4 Å². The van der Waals surface area contributed by atoms with E-state index in [2.05, 4.69) is 25.9 Å². The Hall–Kier alpha value is -2.99. The molecule has 0 atom stereocenters. The number of nitrogens with one attached hydrogen (secondary N) is 3. The van der Waals surface area contributed by atoms with Crippen molar-refractivity contribution in [1.82, 2.24) is 15.3 Å². The molecule has 1 heterocycles. The van der Waals surface area contributed by atoms with Crippen molar-refractivity contribution in [3.05, 3.63) is 40.0 Å². The average molecular weight is 552 g/mol. The fraction of sp³-hybridized carbons (Fsp3) is 0.455. The van der Waals surface area contributed by atoms with Gasteiger partial charge in [-0.2, -0.15) is 18.2 Å². The summed E-state index contributed by atoms with van der Waals surface area (Å²) in [5, 5.41) is 17.3. The fourth-order valence-corrected chi connectivity index (χ4v) is 3.68. The number of alkyl halides is 3. The number of aromatic nitrogens is 2. The molecule has 1 fully saturated rings. The van der Waals surface area contributed by atoms with Crippen molar-refractivity contribution >= 4 is 46.8 Å². The summed E-state index contributed by atoms with van der Waals surface area (Å²) < 4.78 is 37.2. The lowest BCUT2D eigenvalue weighted by Gasteiger charge is -2.29. The largest absolute Gasteiger partial charge is 0.490 e. The first-order valence-electron chi connectivity index (χ1n) is 10.8. The highest BCUT2D eigenvalue weighted by Crippen LogP contribution is 2.31. The zero-order valence-corrected chi connectivity index (χ0v) is 21.0. The molecule has 9 nitrogen and oxygen atoms in total. The van der Waals surface area contributed by atoms with Gasteiger partial charge in [-0.25, -0.2) is 9.78 Å². The minimum atomic E-state index is -5.08. The van der Waals surface area contributed by atoms with Gasteiger partial charge in [-0.3, -0.25) is 4.79 Å². The van der Waals surface area contributed by atoms with Gasteiger partial charge in [-0.1, -0.05) is 29.3 Å². The molecule has 0 spiro atoms. The Labute approximate surface area is 215 Å². The lowest BCUT2D eigenvalue weighted by molar-refractivity contribution is -0.192. The second kappa shape index (κ2) is 13.4. The molecule has 1 aromatic heterocycles. The van der Waals surface area contributed by atoms with Gasteiger partial charge in [0.25, 0.3) is 5.91 Å². The van der Waals surface area contributed by atoms with E-state index in [4.69, 9.17) is 37.8 Å². The van der Waals surface area contributed by atoms with E-state index in [1.165, 1.54) is 0 Å². The lowest BCUT2D eigenvalue weighted by atomic mass is 9.91. The number of carbonyl (C=O) groups excluding carboxylic acids is 1. The zero-order chi connectivity index (χ0) is 26.9. The molecule has 1 saturated carbocycles. The quantitative estimate of drug-likeness (QED) is 0.390. The first-order chi connectivity index (χ1) is 16.9. The van der Waals surface area contributed by atoms with E-state index >= 15 is 0 Å². The Kier molecular flexibility index (Phi) is 10.8. The Morgan fingerprint density at radius 2 is 1.78 bits per heavy atom. The topological polar surface area (TPSA) is 125 Å². The van der Waals surface area contributed by atoms with Gasteiger partial charge in [0.05, 0.1) is 5.02 Å². The molecule has 0 radical (unpaired) electrons. The van der Waals surface area contributed by atoms with Crippen LogP contribution in [0.2, 0.25) is 10.0 Å². The number of aryl methyl sites for hydroxylation is 1. The summed E-state index contributed by atoms with van der Waals surface area (Å²) >= 11 is 12.0. The standard InChI is InChI=1S/C20H25Cl2N5O2.C2HF3O2/c1-12-10-24-20(27-19(12)23-2)26-14-8-6-13(7-9-14)25-17(28)11-29-16-5-3-4-15(21)18(16)22;3-2(4,5)1(6)7/h3-5,10,13-14H,6-9,11H2,1-2H3,(H,25,28)(H2,23,24,26,27);(H,6,7)/t13-,14+;. The molecule has 1 amide bonds. The predicted molar refractivity (Wildman–Crippen MR) is 130 cm³/mol. The minimum Gasteiger partial charge on any atom is -0.482 e. The van der Waals surface area contributed by atoms with Crippen molar-refractivity contribution in [1.29, 1.82) is 0 Å². The second-order valence-electron chi connectivity index (χ2n) is 7.88. The number of carbonyl (C=O) groups is 2. The maximum atomic E-state index is 12.2. The lowest BCUT2D eigenvalue weighted by Crippen LogP contribution is -2.42. The number of carboxylic acid groups (broad SMARTS) is 1. The smallest absolute Gasteiger partial charge is 0.482 e. The maximum Gasteiger partial charge on any atom is 0.490 e. The van der Waals surface area contributed by atoms with Crippen LogP contribution in [0.15, 0.2) is 24.4 Å². The molecule has 1 aliphatic rings. The highest BCUT2D eigenvalue weighted by molar-refractivity contribution is 6.42. The number of hydrogen-bond donors (Lipinski definition) is 4. The van der Waals surface area contributed by atoms with Crippen LogP contribution < -0.4 is 20.7 Å². The first-order valence-corrected chi connectivity index (χ1v) is 11.6. The van der Waals surface area contributed by atoms with E-state index < -0.39 is 12.1 Å². The van der Waals surface area contributed by atoms with E-state index in [9.17, 15) is 18.0 Å². The third kappa shape index (κ3) is 9.23. The Morgan fingerprint density at radius 3 is 2.36 bits per heavy atom. The number of rotatable bonds is 7. The number of amides is 1. The molecular weight excluding hydrogens is 526 g/mol. The van der Waals surface area contributed by atoms with Crippen molar-refractivity contribution in [2.45, 2.75) is 50.9 Å². The highest BCUT2D eigenvalue weighted by atomic mass is 35.5. The minimum absolute atomic E-state index is 0.0950. The van der Waals surface area contributed by atoms with Crippen LogP contribution in [-0.2, 0) is 9.59 Å². The predicted octanol–water partition coefficient (Wildman–Crippen LogP) is 4.69. The number of carboxylic acids is 1. The molecule has 14 heteroatoms. The molecule has 0 unspecified atom stereocenters. The summed E-state index contributed by atoms with van der Waals surface area (Å²) in [6.07, 6.45) is 0.341. The molecule has 1 aromatic carbocycles. The van der Waals surface area contributed by atoms with Crippen LogP contribution >= 0.6 is 23.2 Å². The molecule has 198 valence electrons. The molecular formula is C22H26Cl2F3N5O4. The highest BCUT2D eigenvalue weighted by Gasteiger charge is 2.38. The van der Waals surface area contributed by atoms with Crippen molar-refractivity contribution in [2.24, 2.45) is 0 Å². The molecule has 36 heavy (non-hydrogen) atoms. The zero-order valence-electron chi connectivity index (χ0n) is 19.5. The number of halogens is 5. The van der Waals surface area contributed by atoms with Crippen molar-refractivity contribution in [3.63, 3.8) is 0 Å². The van der Waals surface area contributed by atoms with E-state index in [-0.39, 0.29) is 24.6 Å². The molecule has 1 aliphatic carbocycles. The summed E-state index contributed by atoms with van der Waals surface area (Å²) in [5.74, 6) is -1.07. The fourth-order valence-electron chi connectivity index (χ4n) is 3.34. The van der Waals surface area contributed by atoms with E-state index in [1.807, 2.05) is 14.0 Å². The molecule has 4 N–H and O–H groups in total. The third-order valence-electron chi connectivity index (χ3n) is 5.15. The van der Waals surface area contributed by atoms with Gasteiger partial charge in [0, 0.05) is 30.9 Å². The molecule has 2 aromatic rings. The SMILES string of the molecule is CNc1nc(N[C@H]2CC[C@@H](NC(=O)COc3cccc(Cl)c3Cl)CC2)ncc1C.O=C(O)C(F)(F)F. The average Bonchev–Trinajstić information content (AvgIpc) is 2.82. The summed E-state index contributed by atoms with van der Waals surface area (Å²) in [5.41, 5.74) is 1.01. The number of anilines is 2. The number of aliphatic carboxylic acids is 1. The van der Waals surface area contributed by atoms with Crippen LogP contribution in [0.1, 0.15) is 31.2 Å². The normalized spacial score (nSPS) is 17.3. The van der Waals surface area contributed by atoms with Crippen LogP contribution in [0.4, 0.5) is 24.9 Å². The summed E-state index contributed by atoms with van der Waals surface area (Å²) in [4.78, 5) is 29.9. The van der Waals surface area contributed by atoms with Crippen LogP contribution in [-0.4, -0.2) is 58.9 Å². The van der Waals surface area contributed by atoms with Crippen molar-refractivity contribution < 1.29 is 32.6 Å². The van der Waals surface area contributed by atoms with Gasteiger partial charge < -0.3 is 25.8 Å². The number of nitrogens with zero attached hydrogens (tertiary/aromatic N) is 2. The number of ether oxygens (including phenoxy) is 1. The van der Waals surface area contributed by atoms with Gasteiger partial charge in [0.2, 0.25) is 5.95 Å². The van der Waals surface area contributed by atoms with Crippen LogP contribution in [0.5, 0.6) is 5.75 Å². The van der Waals surface area contributed by atoms with Gasteiger partial charge >= 0.3 is 12.1 Å².